The monoisotopic (exact) mass is 335 g/mol. The highest BCUT2D eigenvalue weighted by Gasteiger charge is 2.10. The van der Waals surface area contributed by atoms with E-state index in [-0.39, 0.29) is 12.3 Å². The topological polar surface area (TPSA) is 89.0 Å². The van der Waals surface area contributed by atoms with Crippen LogP contribution in [0.1, 0.15) is 37.6 Å². The third-order valence-electron chi connectivity index (χ3n) is 3.09. The summed E-state index contributed by atoms with van der Waals surface area (Å²) in [6.45, 7) is 6.33. The maximum atomic E-state index is 12.2. The molecule has 0 aliphatic heterocycles. The van der Waals surface area contributed by atoms with Crippen LogP contribution in [-0.4, -0.2) is 38.3 Å². The molecule has 0 saturated heterocycles. The van der Waals surface area contributed by atoms with Gasteiger partial charge >= 0.3 is 0 Å². The average Bonchev–Trinajstić information content (AvgIpc) is 2.57. The van der Waals surface area contributed by atoms with E-state index in [0.717, 1.165) is 0 Å². The Morgan fingerprint density at radius 2 is 1.71 bits per heavy atom. The molecule has 7 heteroatoms. The van der Waals surface area contributed by atoms with Crippen molar-refractivity contribution >= 4 is 17.5 Å². The zero-order valence-electron chi connectivity index (χ0n) is 14.8. The van der Waals surface area contributed by atoms with Gasteiger partial charge in [0.05, 0.1) is 20.6 Å². The Morgan fingerprint density at radius 3 is 2.21 bits per heavy atom. The number of carbonyl (C=O) groups is 2. The van der Waals surface area contributed by atoms with Gasteiger partial charge in [-0.25, -0.2) is 5.43 Å². The molecule has 2 amide bonds. The van der Waals surface area contributed by atoms with Gasteiger partial charge in [0.1, 0.15) is 11.5 Å². The minimum atomic E-state index is -0.408. The predicted octanol–water partition coefficient (Wildman–Crippen LogP) is 1.97. The van der Waals surface area contributed by atoms with E-state index in [4.69, 9.17) is 9.47 Å². The van der Waals surface area contributed by atoms with Crippen molar-refractivity contribution in [3.05, 3.63) is 23.8 Å². The molecule has 7 nitrogen and oxygen atoms in total. The highest BCUT2D eigenvalue weighted by molar-refractivity contribution is 6.01. The van der Waals surface area contributed by atoms with E-state index in [9.17, 15) is 9.59 Å². The van der Waals surface area contributed by atoms with Crippen molar-refractivity contribution in [2.24, 2.45) is 11.0 Å². The van der Waals surface area contributed by atoms with Gasteiger partial charge in [-0.05, 0) is 25.0 Å². The van der Waals surface area contributed by atoms with Crippen LogP contribution in [0.2, 0.25) is 0 Å². The number of carbonyl (C=O) groups excluding carboxylic acids is 2. The highest BCUT2D eigenvalue weighted by Crippen LogP contribution is 2.22. The van der Waals surface area contributed by atoms with E-state index in [1.54, 1.807) is 25.1 Å². The van der Waals surface area contributed by atoms with E-state index in [2.05, 4.69) is 15.8 Å². The van der Waals surface area contributed by atoms with Crippen LogP contribution in [0.25, 0.3) is 0 Å². The van der Waals surface area contributed by atoms with Crippen molar-refractivity contribution in [2.45, 2.75) is 27.2 Å². The molecule has 0 heterocycles. The summed E-state index contributed by atoms with van der Waals surface area (Å²) in [4.78, 5) is 23.9. The fourth-order valence-electron chi connectivity index (χ4n) is 1.80. The molecule has 0 fully saturated rings. The van der Waals surface area contributed by atoms with E-state index >= 15 is 0 Å². The van der Waals surface area contributed by atoms with E-state index in [0.29, 0.717) is 35.2 Å². The van der Waals surface area contributed by atoms with Crippen LogP contribution >= 0.6 is 0 Å². The zero-order chi connectivity index (χ0) is 18.1. The van der Waals surface area contributed by atoms with Gasteiger partial charge < -0.3 is 14.8 Å². The highest BCUT2D eigenvalue weighted by atomic mass is 16.5. The van der Waals surface area contributed by atoms with Crippen LogP contribution < -0.4 is 20.2 Å². The number of rotatable bonds is 8. The minimum Gasteiger partial charge on any atom is -0.497 e. The molecule has 0 unspecified atom stereocenters. The van der Waals surface area contributed by atoms with Crippen molar-refractivity contribution < 1.29 is 19.1 Å². The number of nitrogens with zero attached hydrogens (tertiary/aromatic N) is 1. The molecule has 0 aromatic heterocycles. The Labute approximate surface area is 142 Å². The van der Waals surface area contributed by atoms with Crippen molar-refractivity contribution in [3.63, 3.8) is 0 Å². The van der Waals surface area contributed by atoms with Gasteiger partial charge in [-0.15, -0.1) is 0 Å². The Hall–Kier alpha value is -2.57. The van der Waals surface area contributed by atoms with Crippen molar-refractivity contribution in [3.8, 4) is 11.5 Å². The fraction of sp³-hybridized carbons (Fsp3) is 0.471. The van der Waals surface area contributed by atoms with Crippen LogP contribution in [0.3, 0.4) is 0 Å². The zero-order valence-corrected chi connectivity index (χ0v) is 14.8. The summed E-state index contributed by atoms with van der Waals surface area (Å²) in [6, 6.07) is 4.83. The summed E-state index contributed by atoms with van der Waals surface area (Å²) in [5.41, 5.74) is 3.30. The Bertz CT molecular complexity index is 590. The van der Waals surface area contributed by atoms with Gasteiger partial charge in [0, 0.05) is 23.9 Å². The number of amides is 2. The summed E-state index contributed by atoms with van der Waals surface area (Å²) in [7, 11) is 3.02. The molecule has 1 rings (SSSR count). The lowest BCUT2D eigenvalue weighted by molar-refractivity contribution is -0.120. The predicted molar refractivity (Wildman–Crippen MR) is 92.6 cm³/mol. The number of methoxy groups -OCH3 is 2. The molecule has 0 saturated carbocycles. The van der Waals surface area contributed by atoms with Crippen LogP contribution in [0, 0.1) is 5.92 Å². The molecule has 0 aliphatic rings. The lowest BCUT2D eigenvalue weighted by Crippen LogP contribution is -2.29. The lowest BCUT2D eigenvalue weighted by atomic mass is 10.2. The molecule has 1 aromatic rings. The second-order valence-corrected chi connectivity index (χ2v) is 5.76. The summed E-state index contributed by atoms with van der Waals surface area (Å²) in [6.07, 6.45) is 0.133. The van der Waals surface area contributed by atoms with E-state index in [1.165, 1.54) is 14.2 Å². The quantitative estimate of drug-likeness (QED) is 0.561. The van der Waals surface area contributed by atoms with Crippen LogP contribution in [0.4, 0.5) is 0 Å². The molecule has 0 bridgehead atoms. The summed E-state index contributed by atoms with van der Waals surface area (Å²) in [5.74, 6) is 0.867. The summed E-state index contributed by atoms with van der Waals surface area (Å²) in [5, 5.41) is 6.75. The molecule has 0 spiro atoms. The Kier molecular flexibility index (Phi) is 7.74. The van der Waals surface area contributed by atoms with E-state index < -0.39 is 5.91 Å². The molecule has 0 aliphatic carbocycles. The second-order valence-electron chi connectivity index (χ2n) is 5.76. The first-order chi connectivity index (χ1) is 11.3. The van der Waals surface area contributed by atoms with Gasteiger partial charge in [-0.2, -0.15) is 5.10 Å². The number of benzene rings is 1. The number of hydrogen-bond donors (Lipinski definition) is 2. The van der Waals surface area contributed by atoms with Gasteiger partial charge in [0.15, 0.2) is 0 Å². The summed E-state index contributed by atoms with van der Waals surface area (Å²) < 4.78 is 10.2. The first kappa shape index (κ1) is 19.5. The Balaban J connectivity index is 2.65. The minimum absolute atomic E-state index is 0.123. The lowest BCUT2D eigenvalue weighted by Gasteiger charge is -2.08. The largest absolute Gasteiger partial charge is 0.497 e. The smallest absolute Gasteiger partial charge is 0.271 e. The molecular weight excluding hydrogens is 310 g/mol. The van der Waals surface area contributed by atoms with Crippen molar-refractivity contribution in [1.82, 2.24) is 10.7 Å². The first-order valence-electron chi connectivity index (χ1n) is 7.69. The number of hydrogen-bond acceptors (Lipinski definition) is 5. The third kappa shape index (κ3) is 6.68. The van der Waals surface area contributed by atoms with Gasteiger partial charge in [-0.3, -0.25) is 9.59 Å². The standard InChI is InChI=1S/C17H25N3O4/c1-11(2)10-18-16(21)6-12(3)19-20-17(22)13-7-14(23-4)9-15(8-13)24-5/h7-9,11H,6,10H2,1-5H3,(H,18,21)(H,20,22). The molecule has 0 atom stereocenters. The van der Waals surface area contributed by atoms with Crippen LogP contribution in [0.15, 0.2) is 23.3 Å². The number of ether oxygens (including phenoxy) is 2. The molecular formula is C17H25N3O4. The fourth-order valence-corrected chi connectivity index (χ4v) is 1.80. The second kappa shape index (κ2) is 9.54. The van der Waals surface area contributed by atoms with Gasteiger partial charge in [-0.1, -0.05) is 13.8 Å². The van der Waals surface area contributed by atoms with E-state index in [1.807, 2.05) is 13.8 Å². The maximum Gasteiger partial charge on any atom is 0.271 e. The Morgan fingerprint density at radius 1 is 1.12 bits per heavy atom. The SMILES string of the molecule is COc1cc(OC)cc(C(=O)NN=C(C)CC(=O)NCC(C)C)c1. The van der Waals surface area contributed by atoms with Crippen molar-refractivity contribution in [2.75, 3.05) is 20.8 Å². The van der Waals surface area contributed by atoms with Gasteiger partial charge in [0.25, 0.3) is 5.91 Å². The average molecular weight is 335 g/mol. The first-order valence-corrected chi connectivity index (χ1v) is 7.69. The molecule has 0 radical (unpaired) electrons. The third-order valence-corrected chi connectivity index (χ3v) is 3.09. The molecule has 1 aromatic carbocycles. The van der Waals surface area contributed by atoms with Gasteiger partial charge in [0.2, 0.25) is 5.91 Å². The van der Waals surface area contributed by atoms with Crippen LogP contribution in [-0.2, 0) is 4.79 Å². The summed E-state index contributed by atoms with van der Waals surface area (Å²) >= 11 is 0. The molecule has 24 heavy (non-hydrogen) atoms. The van der Waals surface area contributed by atoms with Crippen LogP contribution in [0.5, 0.6) is 11.5 Å². The molecule has 2 N–H and O–H groups in total. The number of nitrogens with one attached hydrogen (secondary N) is 2. The normalized spacial score (nSPS) is 11.2. The van der Waals surface area contributed by atoms with Crippen molar-refractivity contribution in [1.29, 1.82) is 0 Å². The maximum absolute atomic E-state index is 12.2. The number of hydrazone groups is 1. The molecule has 132 valence electrons.